The van der Waals surface area contributed by atoms with Gasteiger partial charge in [-0.25, -0.2) is 0 Å². The standard InChI is InChI=1S/C11H15ClN2O2/c12-10-3-1-2-9(6-10)8-16-5-4-14-7-11(13)15/h1-3,6,14H,4-5,7-8H2,(H2,13,15). The highest BCUT2D eigenvalue weighted by molar-refractivity contribution is 6.30. The summed E-state index contributed by atoms with van der Waals surface area (Å²) in [6.45, 7) is 1.82. The zero-order valence-corrected chi connectivity index (χ0v) is 9.67. The number of carbonyl (C=O) groups is 1. The minimum Gasteiger partial charge on any atom is -0.375 e. The molecule has 0 heterocycles. The van der Waals surface area contributed by atoms with E-state index in [1.54, 1.807) is 0 Å². The Morgan fingerprint density at radius 1 is 1.50 bits per heavy atom. The molecule has 0 aromatic heterocycles. The van der Waals surface area contributed by atoms with E-state index in [0.29, 0.717) is 24.8 Å². The molecule has 0 unspecified atom stereocenters. The average Bonchev–Trinajstić information content (AvgIpc) is 2.23. The molecule has 0 spiro atoms. The molecule has 0 bridgehead atoms. The van der Waals surface area contributed by atoms with Crippen LogP contribution >= 0.6 is 11.6 Å². The molecule has 1 aromatic carbocycles. The van der Waals surface area contributed by atoms with Gasteiger partial charge in [-0.3, -0.25) is 4.79 Å². The number of ether oxygens (including phenoxy) is 1. The third-order valence-electron chi connectivity index (χ3n) is 1.88. The summed E-state index contributed by atoms with van der Waals surface area (Å²) in [6, 6.07) is 7.51. The van der Waals surface area contributed by atoms with Crippen LogP contribution in [-0.4, -0.2) is 25.6 Å². The number of benzene rings is 1. The topological polar surface area (TPSA) is 64.4 Å². The molecule has 0 aliphatic rings. The van der Waals surface area contributed by atoms with E-state index in [4.69, 9.17) is 22.1 Å². The van der Waals surface area contributed by atoms with Crippen molar-refractivity contribution in [2.45, 2.75) is 6.61 Å². The van der Waals surface area contributed by atoms with Gasteiger partial charge in [-0.1, -0.05) is 23.7 Å². The van der Waals surface area contributed by atoms with E-state index in [1.807, 2.05) is 24.3 Å². The van der Waals surface area contributed by atoms with Gasteiger partial charge in [0.15, 0.2) is 0 Å². The quantitative estimate of drug-likeness (QED) is 0.700. The molecular formula is C11H15ClN2O2. The van der Waals surface area contributed by atoms with Gasteiger partial charge in [0.1, 0.15) is 0 Å². The van der Waals surface area contributed by atoms with Gasteiger partial charge in [0.05, 0.1) is 19.8 Å². The third kappa shape index (κ3) is 5.70. The molecule has 88 valence electrons. The first-order valence-corrected chi connectivity index (χ1v) is 5.37. The molecule has 0 fully saturated rings. The molecule has 5 heteroatoms. The number of nitrogens with one attached hydrogen (secondary N) is 1. The van der Waals surface area contributed by atoms with Crippen LogP contribution in [0.2, 0.25) is 5.02 Å². The summed E-state index contributed by atoms with van der Waals surface area (Å²) >= 11 is 5.82. The van der Waals surface area contributed by atoms with E-state index in [1.165, 1.54) is 0 Å². The molecule has 3 N–H and O–H groups in total. The summed E-state index contributed by atoms with van der Waals surface area (Å²) < 4.78 is 5.38. The lowest BCUT2D eigenvalue weighted by molar-refractivity contribution is -0.117. The molecule has 1 aromatic rings. The van der Waals surface area contributed by atoms with Crippen molar-refractivity contribution in [3.8, 4) is 0 Å². The second-order valence-corrected chi connectivity index (χ2v) is 3.76. The van der Waals surface area contributed by atoms with Crippen molar-refractivity contribution in [2.24, 2.45) is 5.73 Å². The summed E-state index contributed by atoms with van der Waals surface area (Å²) in [7, 11) is 0. The second-order valence-electron chi connectivity index (χ2n) is 3.33. The number of primary amides is 1. The first kappa shape index (κ1) is 13.0. The number of amides is 1. The molecule has 0 aliphatic carbocycles. The molecule has 0 aliphatic heterocycles. The molecule has 16 heavy (non-hydrogen) atoms. The fourth-order valence-corrected chi connectivity index (χ4v) is 1.39. The molecular weight excluding hydrogens is 228 g/mol. The van der Waals surface area contributed by atoms with E-state index in [2.05, 4.69) is 5.32 Å². The third-order valence-corrected chi connectivity index (χ3v) is 2.12. The predicted molar refractivity (Wildman–Crippen MR) is 63.2 cm³/mol. The van der Waals surface area contributed by atoms with Crippen LogP contribution < -0.4 is 11.1 Å². The first-order valence-electron chi connectivity index (χ1n) is 4.99. The largest absolute Gasteiger partial charge is 0.375 e. The summed E-state index contributed by atoms with van der Waals surface area (Å²) in [5, 5.41) is 3.56. The Balaban J connectivity index is 2.09. The average molecular weight is 243 g/mol. The Morgan fingerprint density at radius 3 is 3.00 bits per heavy atom. The predicted octanol–water partition coefficient (Wildman–Crippen LogP) is 0.932. The summed E-state index contributed by atoms with van der Waals surface area (Å²) in [5.74, 6) is -0.366. The van der Waals surface area contributed by atoms with E-state index < -0.39 is 0 Å². The molecule has 4 nitrogen and oxygen atoms in total. The van der Waals surface area contributed by atoms with Gasteiger partial charge < -0.3 is 15.8 Å². The van der Waals surface area contributed by atoms with Crippen molar-refractivity contribution in [3.63, 3.8) is 0 Å². The Kier molecular flexibility index (Phi) is 5.85. The maximum absolute atomic E-state index is 10.4. The lowest BCUT2D eigenvalue weighted by Crippen LogP contribution is -2.30. The van der Waals surface area contributed by atoms with E-state index in [-0.39, 0.29) is 12.5 Å². The SMILES string of the molecule is NC(=O)CNCCOCc1cccc(Cl)c1. The normalized spacial score (nSPS) is 10.3. The Morgan fingerprint density at radius 2 is 2.31 bits per heavy atom. The van der Waals surface area contributed by atoms with Crippen molar-refractivity contribution in [1.29, 1.82) is 0 Å². The van der Waals surface area contributed by atoms with Gasteiger partial charge in [0.2, 0.25) is 5.91 Å². The van der Waals surface area contributed by atoms with Crippen LogP contribution in [0.5, 0.6) is 0 Å². The number of hydrogen-bond donors (Lipinski definition) is 2. The van der Waals surface area contributed by atoms with Crippen LogP contribution in [0.15, 0.2) is 24.3 Å². The van der Waals surface area contributed by atoms with Gasteiger partial charge in [-0.05, 0) is 17.7 Å². The maximum Gasteiger partial charge on any atom is 0.231 e. The zero-order valence-electron chi connectivity index (χ0n) is 8.91. The number of carbonyl (C=O) groups excluding carboxylic acids is 1. The molecule has 0 atom stereocenters. The minimum atomic E-state index is -0.366. The molecule has 1 amide bonds. The minimum absolute atomic E-state index is 0.181. The van der Waals surface area contributed by atoms with Crippen molar-refractivity contribution >= 4 is 17.5 Å². The zero-order chi connectivity index (χ0) is 11.8. The van der Waals surface area contributed by atoms with Crippen LogP contribution in [0, 0.1) is 0 Å². The highest BCUT2D eigenvalue weighted by Gasteiger charge is 1.95. The lowest BCUT2D eigenvalue weighted by atomic mass is 10.2. The maximum atomic E-state index is 10.4. The van der Waals surface area contributed by atoms with Crippen LogP contribution in [0.25, 0.3) is 0 Å². The van der Waals surface area contributed by atoms with Crippen LogP contribution in [0.4, 0.5) is 0 Å². The Hall–Kier alpha value is -1.10. The van der Waals surface area contributed by atoms with E-state index in [0.717, 1.165) is 5.56 Å². The van der Waals surface area contributed by atoms with E-state index >= 15 is 0 Å². The van der Waals surface area contributed by atoms with Gasteiger partial charge in [-0.2, -0.15) is 0 Å². The van der Waals surface area contributed by atoms with Crippen LogP contribution in [0.1, 0.15) is 5.56 Å². The number of halogens is 1. The molecule has 0 radical (unpaired) electrons. The molecule has 1 rings (SSSR count). The highest BCUT2D eigenvalue weighted by atomic mass is 35.5. The van der Waals surface area contributed by atoms with Gasteiger partial charge in [-0.15, -0.1) is 0 Å². The van der Waals surface area contributed by atoms with Gasteiger partial charge >= 0.3 is 0 Å². The second kappa shape index (κ2) is 7.22. The van der Waals surface area contributed by atoms with Gasteiger partial charge in [0, 0.05) is 11.6 Å². The number of nitrogens with two attached hydrogens (primary N) is 1. The summed E-state index contributed by atoms with van der Waals surface area (Å²) in [6.07, 6.45) is 0. The summed E-state index contributed by atoms with van der Waals surface area (Å²) in [5.41, 5.74) is 5.99. The van der Waals surface area contributed by atoms with Crippen molar-refractivity contribution in [1.82, 2.24) is 5.32 Å². The fraction of sp³-hybridized carbons (Fsp3) is 0.364. The van der Waals surface area contributed by atoms with Crippen molar-refractivity contribution in [2.75, 3.05) is 19.7 Å². The first-order chi connectivity index (χ1) is 7.68. The van der Waals surface area contributed by atoms with Crippen molar-refractivity contribution < 1.29 is 9.53 Å². The monoisotopic (exact) mass is 242 g/mol. The number of rotatable bonds is 7. The summed E-state index contributed by atoms with van der Waals surface area (Å²) in [4.78, 5) is 10.4. The smallest absolute Gasteiger partial charge is 0.231 e. The lowest BCUT2D eigenvalue weighted by Gasteiger charge is -2.05. The highest BCUT2D eigenvalue weighted by Crippen LogP contribution is 2.11. The number of hydrogen-bond acceptors (Lipinski definition) is 3. The molecule has 0 saturated carbocycles. The Bertz CT molecular complexity index is 345. The fourth-order valence-electron chi connectivity index (χ4n) is 1.17. The van der Waals surface area contributed by atoms with Crippen LogP contribution in [-0.2, 0) is 16.1 Å². The molecule has 0 saturated heterocycles. The Labute approximate surface area is 99.7 Å². The van der Waals surface area contributed by atoms with Gasteiger partial charge in [0.25, 0.3) is 0 Å². The van der Waals surface area contributed by atoms with Crippen LogP contribution in [0.3, 0.4) is 0 Å². The van der Waals surface area contributed by atoms with E-state index in [9.17, 15) is 4.79 Å². The van der Waals surface area contributed by atoms with Crippen molar-refractivity contribution in [3.05, 3.63) is 34.9 Å².